The minimum absolute atomic E-state index is 0.00214. The first-order chi connectivity index (χ1) is 9.31. The molecule has 1 aliphatic rings. The SMILES string of the molecule is CCC1(CC)CCN(c2ccc(S(N)(=O)=O)c(N)c2)C1. The summed E-state index contributed by atoms with van der Waals surface area (Å²) in [6.45, 7) is 6.43. The minimum Gasteiger partial charge on any atom is -0.398 e. The van der Waals surface area contributed by atoms with Crippen LogP contribution in [0, 0.1) is 5.41 Å². The summed E-state index contributed by atoms with van der Waals surface area (Å²) in [6, 6.07) is 5.00. The Hall–Kier alpha value is -1.27. The van der Waals surface area contributed by atoms with Gasteiger partial charge in [-0.2, -0.15) is 0 Å². The Labute approximate surface area is 121 Å². The number of nitrogens with two attached hydrogens (primary N) is 2. The number of benzene rings is 1. The van der Waals surface area contributed by atoms with Crippen LogP contribution in [-0.2, 0) is 10.0 Å². The van der Waals surface area contributed by atoms with Gasteiger partial charge in [-0.25, -0.2) is 13.6 Å². The molecule has 0 saturated carbocycles. The Morgan fingerprint density at radius 2 is 1.95 bits per heavy atom. The fourth-order valence-electron chi connectivity index (χ4n) is 2.97. The standard InChI is InChI=1S/C14H23N3O2S/c1-3-14(4-2)7-8-17(10-14)11-5-6-13(12(15)9-11)20(16,18)19/h5-6,9H,3-4,7-8,10,15H2,1-2H3,(H2,16,18,19). The molecule has 4 N–H and O–H groups in total. The minimum atomic E-state index is -3.75. The molecule has 0 aliphatic carbocycles. The molecule has 20 heavy (non-hydrogen) atoms. The summed E-state index contributed by atoms with van der Waals surface area (Å²) in [5.41, 5.74) is 7.38. The lowest BCUT2D eigenvalue weighted by Crippen LogP contribution is -2.26. The zero-order valence-corrected chi connectivity index (χ0v) is 12.9. The molecule has 1 aromatic rings. The highest BCUT2D eigenvalue weighted by atomic mass is 32.2. The molecule has 1 fully saturated rings. The van der Waals surface area contributed by atoms with Gasteiger partial charge in [0.25, 0.3) is 0 Å². The lowest BCUT2D eigenvalue weighted by atomic mass is 9.82. The van der Waals surface area contributed by atoms with Gasteiger partial charge in [0.1, 0.15) is 4.90 Å². The molecule has 0 spiro atoms. The number of sulfonamides is 1. The molecule has 6 heteroatoms. The van der Waals surface area contributed by atoms with Crippen molar-refractivity contribution in [1.29, 1.82) is 0 Å². The zero-order chi connectivity index (χ0) is 15.0. The van der Waals surface area contributed by atoms with Gasteiger partial charge in [-0.3, -0.25) is 0 Å². The summed E-state index contributed by atoms with van der Waals surface area (Å²) in [5.74, 6) is 0. The maximum Gasteiger partial charge on any atom is 0.240 e. The highest BCUT2D eigenvalue weighted by Crippen LogP contribution is 2.39. The van der Waals surface area contributed by atoms with Crippen molar-refractivity contribution in [1.82, 2.24) is 0 Å². The molecular formula is C14H23N3O2S. The topological polar surface area (TPSA) is 89.4 Å². The van der Waals surface area contributed by atoms with E-state index in [-0.39, 0.29) is 10.6 Å². The van der Waals surface area contributed by atoms with E-state index in [1.807, 2.05) is 0 Å². The van der Waals surface area contributed by atoms with Crippen molar-refractivity contribution in [3.05, 3.63) is 18.2 Å². The summed E-state index contributed by atoms with van der Waals surface area (Å²) >= 11 is 0. The lowest BCUT2D eigenvalue weighted by Gasteiger charge is -2.27. The van der Waals surface area contributed by atoms with Gasteiger partial charge in [0, 0.05) is 18.8 Å². The predicted octanol–water partition coefficient (Wildman–Crippen LogP) is 1.93. The molecule has 0 amide bonds. The average molecular weight is 297 g/mol. The fourth-order valence-corrected chi connectivity index (χ4v) is 3.62. The molecule has 5 nitrogen and oxygen atoms in total. The number of nitrogen functional groups attached to an aromatic ring is 1. The lowest BCUT2D eigenvalue weighted by molar-refractivity contribution is 0.301. The first kappa shape index (κ1) is 15.1. The van der Waals surface area contributed by atoms with Crippen LogP contribution >= 0.6 is 0 Å². The van der Waals surface area contributed by atoms with Crippen LogP contribution in [0.25, 0.3) is 0 Å². The Kier molecular flexibility index (Phi) is 3.97. The van der Waals surface area contributed by atoms with Crippen LogP contribution in [0.2, 0.25) is 0 Å². The van der Waals surface area contributed by atoms with Crippen molar-refractivity contribution in [3.8, 4) is 0 Å². The van der Waals surface area contributed by atoms with E-state index in [1.165, 1.54) is 6.07 Å². The number of hydrogen-bond donors (Lipinski definition) is 2. The fraction of sp³-hybridized carbons (Fsp3) is 0.571. The average Bonchev–Trinajstić information content (AvgIpc) is 2.82. The van der Waals surface area contributed by atoms with Gasteiger partial charge in [0.05, 0.1) is 5.69 Å². The number of hydrogen-bond acceptors (Lipinski definition) is 4. The van der Waals surface area contributed by atoms with Gasteiger partial charge in [-0.05, 0) is 42.9 Å². The second-order valence-electron chi connectivity index (χ2n) is 5.65. The van der Waals surface area contributed by atoms with Crippen LogP contribution in [0.4, 0.5) is 11.4 Å². The number of rotatable bonds is 4. The highest BCUT2D eigenvalue weighted by molar-refractivity contribution is 7.89. The summed E-state index contributed by atoms with van der Waals surface area (Å²) in [7, 11) is -3.75. The molecule has 1 heterocycles. The molecule has 1 aromatic carbocycles. The largest absolute Gasteiger partial charge is 0.398 e. The summed E-state index contributed by atoms with van der Waals surface area (Å²) in [5, 5.41) is 5.13. The quantitative estimate of drug-likeness (QED) is 0.831. The van der Waals surface area contributed by atoms with Crippen molar-refractivity contribution in [2.45, 2.75) is 38.0 Å². The van der Waals surface area contributed by atoms with E-state index >= 15 is 0 Å². The second-order valence-corrected chi connectivity index (χ2v) is 7.18. The molecule has 1 saturated heterocycles. The van der Waals surface area contributed by atoms with Crippen LogP contribution in [0.5, 0.6) is 0 Å². The summed E-state index contributed by atoms with van der Waals surface area (Å²) < 4.78 is 22.7. The van der Waals surface area contributed by atoms with E-state index in [1.54, 1.807) is 12.1 Å². The molecule has 112 valence electrons. The first-order valence-corrected chi connectivity index (χ1v) is 8.53. The normalized spacial score (nSPS) is 18.4. The van der Waals surface area contributed by atoms with Crippen molar-refractivity contribution in [2.75, 3.05) is 23.7 Å². The van der Waals surface area contributed by atoms with Crippen LogP contribution in [0.15, 0.2) is 23.1 Å². The van der Waals surface area contributed by atoms with E-state index in [2.05, 4.69) is 18.7 Å². The predicted molar refractivity (Wildman–Crippen MR) is 82.1 cm³/mol. The number of anilines is 2. The van der Waals surface area contributed by atoms with E-state index in [0.717, 1.165) is 38.0 Å². The molecule has 0 aromatic heterocycles. The van der Waals surface area contributed by atoms with Crippen molar-refractivity contribution in [3.63, 3.8) is 0 Å². The molecule has 0 unspecified atom stereocenters. The van der Waals surface area contributed by atoms with Gasteiger partial charge in [0.2, 0.25) is 10.0 Å². The van der Waals surface area contributed by atoms with E-state index in [0.29, 0.717) is 5.41 Å². The number of primary sulfonamides is 1. The second kappa shape index (κ2) is 5.26. The summed E-state index contributed by atoms with van der Waals surface area (Å²) in [6.07, 6.45) is 3.48. The third-order valence-electron chi connectivity index (χ3n) is 4.60. The third-order valence-corrected chi connectivity index (χ3v) is 5.59. The molecule has 0 bridgehead atoms. The van der Waals surface area contributed by atoms with Crippen LogP contribution < -0.4 is 15.8 Å². The molecule has 0 atom stereocenters. The van der Waals surface area contributed by atoms with Crippen LogP contribution in [0.1, 0.15) is 33.1 Å². The van der Waals surface area contributed by atoms with E-state index in [9.17, 15) is 8.42 Å². The third kappa shape index (κ3) is 2.76. The van der Waals surface area contributed by atoms with Crippen molar-refractivity contribution >= 4 is 21.4 Å². The van der Waals surface area contributed by atoms with Gasteiger partial charge >= 0.3 is 0 Å². The molecule has 1 aliphatic heterocycles. The van der Waals surface area contributed by atoms with E-state index < -0.39 is 10.0 Å². The van der Waals surface area contributed by atoms with Crippen molar-refractivity contribution < 1.29 is 8.42 Å². The van der Waals surface area contributed by atoms with Gasteiger partial charge in [0.15, 0.2) is 0 Å². The zero-order valence-electron chi connectivity index (χ0n) is 12.1. The Morgan fingerprint density at radius 3 is 2.40 bits per heavy atom. The smallest absolute Gasteiger partial charge is 0.240 e. The monoisotopic (exact) mass is 297 g/mol. The molecule has 0 radical (unpaired) electrons. The molecular weight excluding hydrogens is 274 g/mol. The number of nitrogens with zero attached hydrogens (tertiary/aromatic N) is 1. The highest BCUT2D eigenvalue weighted by Gasteiger charge is 2.35. The Balaban J connectivity index is 2.26. The van der Waals surface area contributed by atoms with Gasteiger partial charge in [-0.1, -0.05) is 13.8 Å². The summed E-state index contributed by atoms with van der Waals surface area (Å²) in [4.78, 5) is 2.27. The van der Waals surface area contributed by atoms with Gasteiger partial charge < -0.3 is 10.6 Å². The van der Waals surface area contributed by atoms with Gasteiger partial charge in [-0.15, -0.1) is 0 Å². The van der Waals surface area contributed by atoms with Crippen LogP contribution in [-0.4, -0.2) is 21.5 Å². The Bertz CT molecular complexity index is 594. The Morgan fingerprint density at radius 1 is 1.30 bits per heavy atom. The van der Waals surface area contributed by atoms with E-state index in [4.69, 9.17) is 10.9 Å². The maximum absolute atomic E-state index is 11.4. The molecule has 2 rings (SSSR count). The maximum atomic E-state index is 11.4. The first-order valence-electron chi connectivity index (χ1n) is 6.98. The van der Waals surface area contributed by atoms with Crippen LogP contribution in [0.3, 0.4) is 0 Å². The van der Waals surface area contributed by atoms with Crippen molar-refractivity contribution in [2.24, 2.45) is 10.6 Å².